The molecule has 0 nitrogen and oxygen atoms in total. The first-order valence-electron chi connectivity index (χ1n) is 3.68. The van der Waals surface area contributed by atoms with Crippen LogP contribution in [0.3, 0.4) is 0 Å². The van der Waals surface area contributed by atoms with Crippen LogP contribution < -0.4 is 0 Å². The Morgan fingerprint density at radius 3 is 2.58 bits per heavy atom. The fourth-order valence-electron chi connectivity index (χ4n) is 0.991. The summed E-state index contributed by atoms with van der Waals surface area (Å²) in [6, 6.07) is 5.26. The molecule has 0 saturated carbocycles. The highest BCUT2D eigenvalue weighted by atomic mass is 79.9. The maximum Gasteiger partial charge on any atom is 0.127 e. The topological polar surface area (TPSA) is 0 Å². The summed E-state index contributed by atoms with van der Waals surface area (Å²) in [5, 5.41) is 0. The predicted octanol–water partition coefficient (Wildman–Crippen LogP) is 3.83. The number of hydrogen-bond donors (Lipinski definition) is 0. The molecule has 0 bridgehead atoms. The van der Waals surface area contributed by atoms with Crippen molar-refractivity contribution in [3.05, 3.63) is 34.1 Å². The molecule has 0 aliphatic carbocycles. The smallest absolute Gasteiger partial charge is 0.127 e. The molecule has 0 aliphatic heterocycles. The van der Waals surface area contributed by atoms with Crippen molar-refractivity contribution >= 4 is 23.9 Å². The van der Waals surface area contributed by atoms with Crippen molar-refractivity contribution in [1.29, 1.82) is 0 Å². The second-order valence-corrected chi connectivity index (χ2v) is 6.36. The third-order valence-corrected chi connectivity index (χ3v) is 2.97. The van der Waals surface area contributed by atoms with Crippen molar-refractivity contribution in [1.82, 2.24) is 0 Å². The van der Waals surface area contributed by atoms with Gasteiger partial charge in [0.15, 0.2) is 0 Å². The zero-order valence-corrected chi connectivity index (χ0v) is 9.62. The van der Waals surface area contributed by atoms with Crippen molar-refractivity contribution < 1.29 is 4.39 Å². The van der Waals surface area contributed by atoms with Gasteiger partial charge in [0.05, 0.1) is 0 Å². The number of benzene rings is 1. The van der Waals surface area contributed by atoms with Gasteiger partial charge in [0, 0.05) is 4.47 Å². The molecule has 0 amide bonds. The van der Waals surface area contributed by atoms with Gasteiger partial charge in [-0.2, -0.15) is 0 Å². The summed E-state index contributed by atoms with van der Waals surface area (Å²) in [6.07, 6.45) is 0.869. The fraction of sp³-hybridized carbons (Fsp3) is 0.333. The zero-order chi connectivity index (χ0) is 9.14. The first-order valence-corrected chi connectivity index (χ1v) is 6.89. The van der Waals surface area contributed by atoms with Crippen LogP contribution in [-0.4, -0.2) is 13.3 Å². The number of rotatable bonds is 2. The van der Waals surface area contributed by atoms with Crippen molar-refractivity contribution in [2.75, 3.05) is 13.3 Å². The van der Waals surface area contributed by atoms with Gasteiger partial charge in [0.25, 0.3) is 0 Å². The Hall–Kier alpha value is 0.0600. The summed E-state index contributed by atoms with van der Waals surface area (Å²) in [4.78, 5) is 0. The SMILES string of the molecule is CP(C)Cc1ccc(Br)cc1F. The Morgan fingerprint density at radius 2 is 2.08 bits per heavy atom. The molecule has 1 rings (SSSR count). The summed E-state index contributed by atoms with van der Waals surface area (Å²) in [6.45, 7) is 4.30. The highest BCUT2D eigenvalue weighted by Gasteiger charge is 2.03. The molecule has 0 unspecified atom stereocenters. The van der Waals surface area contributed by atoms with Crippen LogP contribution in [0.2, 0.25) is 0 Å². The molecular formula is C9H11BrFP. The summed E-state index contributed by atoms with van der Waals surface area (Å²) in [5.74, 6) is -0.0967. The highest BCUT2D eigenvalue weighted by Crippen LogP contribution is 2.31. The molecule has 0 radical (unpaired) electrons. The molecule has 0 aromatic heterocycles. The third kappa shape index (κ3) is 2.84. The average Bonchev–Trinajstić information content (AvgIpc) is 1.94. The van der Waals surface area contributed by atoms with Gasteiger partial charge in [0.2, 0.25) is 0 Å². The van der Waals surface area contributed by atoms with Crippen molar-refractivity contribution in [2.45, 2.75) is 6.16 Å². The van der Waals surface area contributed by atoms with Crippen LogP contribution >= 0.6 is 23.9 Å². The van der Waals surface area contributed by atoms with Gasteiger partial charge in [-0.05, 0) is 37.2 Å². The van der Waals surface area contributed by atoms with Gasteiger partial charge < -0.3 is 0 Å². The van der Waals surface area contributed by atoms with E-state index in [4.69, 9.17) is 0 Å². The largest absolute Gasteiger partial charge is 0.207 e. The maximum atomic E-state index is 13.2. The molecule has 0 N–H and O–H groups in total. The van der Waals surface area contributed by atoms with Gasteiger partial charge in [-0.3, -0.25) is 0 Å². The molecule has 3 heteroatoms. The van der Waals surface area contributed by atoms with Crippen LogP contribution in [-0.2, 0) is 6.16 Å². The lowest BCUT2D eigenvalue weighted by molar-refractivity contribution is 0.616. The number of hydrogen-bond acceptors (Lipinski definition) is 0. The van der Waals surface area contributed by atoms with Crippen molar-refractivity contribution in [3.63, 3.8) is 0 Å². The van der Waals surface area contributed by atoms with E-state index in [9.17, 15) is 4.39 Å². The molecule has 0 aliphatic rings. The summed E-state index contributed by atoms with van der Waals surface area (Å²) < 4.78 is 14.0. The Morgan fingerprint density at radius 1 is 1.42 bits per heavy atom. The normalized spacial score (nSPS) is 10.8. The van der Waals surface area contributed by atoms with Crippen molar-refractivity contribution in [3.8, 4) is 0 Å². The molecule has 0 heterocycles. The van der Waals surface area contributed by atoms with Crippen LogP contribution in [0, 0.1) is 5.82 Å². The van der Waals surface area contributed by atoms with E-state index in [1.807, 2.05) is 12.1 Å². The van der Waals surface area contributed by atoms with Crippen LogP contribution in [0.4, 0.5) is 4.39 Å². The Kier molecular flexibility index (Phi) is 3.67. The molecule has 1 aromatic rings. The average molecular weight is 249 g/mol. The van der Waals surface area contributed by atoms with E-state index < -0.39 is 0 Å². The molecule has 0 fully saturated rings. The second kappa shape index (κ2) is 4.34. The van der Waals surface area contributed by atoms with Crippen LogP contribution in [0.5, 0.6) is 0 Å². The first-order chi connectivity index (χ1) is 5.59. The molecule has 0 saturated heterocycles. The minimum absolute atomic E-state index is 0.0579. The Labute approximate surface area is 82.1 Å². The van der Waals surface area contributed by atoms with E-state index in [1.165, 1.54) is 6.07 Å². The maximum absolute atomic E-state index is 13.2. The molecule has 0 atom stereocenters. The van der Waals surface area contributed by atoms with Crippen molar-refractivity contribution in [2.24, 2.45) is 0 Å². The van der Waals surface area contributed by atoms with E-state index in [-0.39, 0.29) is 13.7 Å². The lowest BCUT2D eigenvalue weighted by Crippen LogP contribution is -1.88. The highest BCUT2D eigenvalue weighted by molar-refractivity contribution is 9.10. The van der Waals surface area contributed by atoms with Gasteiger partial charge in [-0.15, -0.1) is 7.92 Å². The van der Waals surface area contributed by atoms with Crippen LogP contribution in [0.25, 0.3) is 0 Å². The Bertz CT molecular complexity index is 273. The molecular weight excluding hydrogens is 238 g/mol. The number of halogens is 2. The minimum atomic E-state index is -0.0967. The Balaban J connectivity index is 2.86. The molecule has 0 spiro atoms. The van der Waals surface area contributed by atoms with E-state index in [0.29, 0.717) is 0 Å². The lowest BCUT2D eigenvalue weighted by atomic mass is 10.2. The van der Waals surface area contributed by atoms with E-state index in [0.717, 1.165) is 16.2 Å². The van der Waals surface area contributed by atoms with Crippen LogP contribution in [0.15, 0.2) is 22.7 Å². The monoisotopic (exact) mass is 248 g/mol. The zero-order valence-electron chi connectivity index (χ0n) is 7.14. The quantitative estimate of drug-likeness (QED) is 0.698. The van der Waals surface area contributed by atoms with Crippen LogP contribution in [0.1, 0.15) is 5.56 Å². The van der Waals surface area contributed by atoms with Gasteiger partial charge in [-0.25, -0.2) is 4.39 Å². The van der Waals surface area contributed by atoms with Gasteiger partial charge in [-0.1, -0.05) is 22.0 Å². The first kappa shape index (κ1) is 10.1. The summed E-state index contributed by atoms with van der Waals surface area (Å²) in [5.41, 5.74) is 0.828. The van der Waals surface area contributed by atoms with E-state index in [2.05, 4.69) is 29.3 Å². The predicted molar refractivity (Wildman–Crippen MR) is 56.6 cm³/mol. The summed E-state index contributed by atoms with van der Waals surface area (Å²) in [7, 11) is -0.0579. The van der Waals surface area contributed by atoms with Gasteiger partial charge >= 0.3 is 0 Å². The molecule has 66 valence electrons. The standard InChI is InChI=1S/C9H11BrFP/c1-12(2)6-7-3-4-8(10)5-9(7)11/h3-5H,6H2,1-2H3. The molecule has 1 aromatic carbocycles. The van der Waals surface area contributed by atoms with E-state index >= 15 is 0 Å². The van der Waals surface area contributed by atoms with Gasteiger partial charge in [0.1, 0.15) is 5.82 Å². The minimum Gasteiger partial charge on any atom is -0.207 e. The second-order valence-electron chi connectivity index (χ2n) is 2.97. The fourth-order valence-corrected chi connectivity index (χ4v) is 2.26. The summed E-state index contributed by atoms with van der Waals surface area (Å²) >= 11 is 3.23. The lowest BCUT2D eigenvalue weighted by Gasteiger charge is -2.06. The third-order valence-electron chi connectivity index (χ3n) is 1.50. The van der Waals surface area contributed by atoms with E-state index in [1.54, 1.807) is 0 Å². The molecule has 12 heavy (non-hydrogen) atoms.